The Bertz CT molecular complexity index is 1540. The van der Waals surface area contributed by atoms with Crippen LogP contribution in [0.1, 0.15) is 24.8 Å². The first-order chi connectivity index (χ1) is 20.9. The second-order valence-corrected chi connectivity index (χ2v) is 14.9. The van der Waals surface area contributed by atoms with E-state index < -0.39 is 34.6 Å². The predicted molar refractivity (Wildman–Crippen MR) is 162 cm³/mol. The third kappa shape index (κ3) is 7.34. The van der Waals surface area contributed by atoms with Crippen LogP contribution in [0.4, 0.5) is 8.78 Å². The summed E-state index contributed by atoms with van der Waals surface area (Å²) in [7, 11) is -5.94. The van der Waals surface area contributed by atoms with Crippen molar-refractivity contribution in [3.05, 3.63) is 96.6 Å². The molecule has 0 heterocycles. The van der Waals surface area contributed by atoms with Crippen molar-refractivity contribution >= 4 is 27.0 Å². The zero-order valence-corrected chi connectivity index (χ0v) is 25.9. The summed E-state index contributed by atoms with van der Waals surface area (Å²) < 4.78 is 73.3. The van der Waals surface area contributed by atoms with Crippen LogP contribution >= 0.6 is 0 Å². The summed E-state index contributed by atoms with van der Waals surface area (Å²) in [4.78, 5) is 16.0. The van der Waals surface area contributed by atoms with Crippen molar-refractivity contribution in [2.45, 2.75) is 52.2 Å². The molecule has 3 aromatic rings. The second-order valence-electron chi connectivity index (χ2n) is 11.3. The molecule has 2 fully saturated rings. The lowest BCUT2D eigenvalue weighted by atomic mass is 9.87. The number of ether oxygens (including phenoxy) is 3. The van der Waals surface area contributed by atoms with Crippen molar-refractivity contribution in [3.8, 4) is 5.75 Å². The molecule has 3 aromatic carbocycles. The lowest BCUT2D eigenvalue weighted by Crippen LogP contribution is -2.34. The number of aryl methyl sites for hydroxylation is 1. The Kier molecular flexibility index (Phi) is 9.79. The number of esters is 1. The molecular formula is C33H35F2O7S2+. The minimum Gasteiger partial charge on any atom is -0.490 e. The first kappa shape index (κ1) is 32.2. The number of halogens is 2. The van der Waals surface area contributed by atoms with Crippen LogP contribution in [0.25, 0.3) is 0 Å². The first-order valence-corrected chi connectivity index (χ1v) is 17.0. The maximum atomic E-state index is 13.3. The van der Waals surface area contributed by atoms with Gasteiger partial charge < -0.3 is 14.2 Å². The molecule has 2 bridgehead atoms. The molecule has 2 aliphatic rings. The monoisotopic (exact) mass is 645 g/mol. The largest absolute Gasteiger partial charge is 0.490 e. The molecule has 7 nitrogen and oxygen atoms in total. The van der Waals surface area contributed by atoms with Crippen LogP contribution in [0.5, 0.6) is 5.75 Å². The number of hydrogen-bond donors (Lipinski definition) is 1. The van der Waals surface area contributed by atoms with E-state index in [2.05, 4.69) is 78.0 Å². The predicted octanol–water partition coefficient (Wildman–Crippen LogP) is 6.48. The average Bonchev–Trinajstić information content (AvgIpc) is 3.58. The number of carbonyl (C=O) groups is 1. The van der Waals surface area contributed by atoms with Crippen molar-refractivity contribution in [1.29, 1.82) is 0 Å². The molecule has 0 spiro atoms. The third-order valence-electron chi connectivity index (χ3n) is 8.16. The van der Waals surface area contributed by atoms with Crippen LogP contribution in [0.3, 0.4) is 0 Å². The summed E-state index contributed by atoms with van der Waals surface area (Å²) in [6.45, 7) is 3.40. The molecule has 2 aliphatic carbocycles. The molecule has 0 saturated heterocycles. The van der Waals surface area contributed by atoms with Crippen LogP contribution in [0.2, 0.25) is 0 Å². The summed E-state index contributed by atoms with van der Waals surface area (Å²) in [5.74, 6) is 0.752. The molecule has 1 N–H and O–H groups in total. The molecule has 11 heteroatoms. The summed E-state index contributed by atoms with van der Waals surface area (Å²) in [6, 6.07) is 27.2. The van der Waals surface area contributed by atoms with E-state index in [0.717, 1.165) is 35.5 Å². The minimum absolute atomic E-state index is 0.0316. The molecule has 4 atom stereocenters. The van der Waals surface area contributed by atoms with Gasteiger partial charge in [0, 0.05) is 12.0 Å². The Balaban J connectivity index is 1.21. The Morgan fingerprint density at radius 2 is 1.61 bits per heavy atom. The number of carbonyl (C=O) groups excluding carboxylic acids is 1. The molecule has 4 unspecified atom stereocenters. The summed E-state index contributed by atoms with van der Waals surface area (Å²) in [6.07, 6.45) is 2.76. The molecule has 0 amide bonds. The van der Waals surface area contributed by atoms with Gasteiger partial charge in [-0.2, -0.15) is 17.2 Å². The fourth-order valence-electron chi connectivity index (χ4n) is 5.98. The van der Waals surface area contributed by atoms with Gasteiger partial charge in [0.1, 0.15) is 18.5 Å². The molecular weight excluding hydrogens is 610 g/mol. The highest BCUT2D eigenvalue weighted by molar-refractivity contribution is 7.97. The van der Waals surface area contributed by atoms with E-state index in [0.29, 0.717) is 5.92 Å². The lowest BCUT2D eigenvalue weighted by Gasteiger charge is -2.30. The molecule has 234 valence electrons. The van der Waals surface area contributed by atoms with Crippen LogP contribution < -0.4 is 4.74 Å². The van der Waals surface area contributed by atoms with Crippen molar-refractivity contribution in [2.75, 3.05) is 19.8 Å². The fourth-order valence-corrected chi connectivity index (χ4v) is 8.32. The van der Waals surface area contributed by atoms with Gasteiger partial charge in [-0.3, -0.25) is 4.55 Å². The maximum Gasteiger partial charge on any atom is 0.392 e. The zero-order chi connectivity index (χ0) is 31.5. The van der Waals surface area contributed by atoms with Gasteiger partial charge in [-0.15, -0.1) is 0 Å². The number of benzene rings is 3. The third-order valence-corrected chi connectivity index (χ3v) is 11.2. The Labute approximate surface area is 259 Å². The normalized spacial score (nSPS) is 21.4. The quantitative estimate of drug-likeness (QED) is 0.0984. The van der Waals surface area contributed by atoms with Gasteiger partial charge in [0.2, 0.25) is 0 Å². The van der Waals surface area contributed by atoms with Gasteiger partial charge in [0.15, 0.2) is 14.7 Å². The van der Waals surface area contributed by atoms with Gasteiger partial charge in [-0.25, -0.2) is 4.79 Å². The highest BCUT2D eigenvalue weighted by Crippen LogP contribution is 2.50. The molecule has 5 rings (SSSR count). The fraction of sp³-hybridized carbons (Fsp3) is 0.364. The Morgan fingerprint density at radius 1 is 0.977 bits per heavy atom. The van der Waals surface area contributed by atoms with Crippen LogP contribution in [0, 0.1) is 24.7 Å². The van der Waals surface area contributed by atoms with E-state index in [1.807, 2.05) is 19.1 Å². The molecule has 0 aromatic heterocycles. The second kappa shape index (κ2) is 13.4. The van der Waals surface area contributed by atoms with E-state index in [1.165, 1.54) is 9.79 Å². The van der Waals surface area contributed by atoms with E-state index in [9.17, 15) is 22.0 Å². The van der Waals surface area contributed by atoms with Gasteiger partial charge in [0.05, 0.1) is 29.7 Å². The lowest BCUT2D eigenvalue weighted by molar-refractivity contribution is -0.142. The highest BCUT2D eigenvalue weighted by Gasteiger charge is 2.48. The van der Waals surface area contributed by atoms with Gasteiger partial charge in [0.25, 0.3) is 0 Å². The zero-order valence-electron chi connectivity index (χ0n) is 24.2. The maximum absolute atomic E-state index is 13.3. The van der Waals surface area contributed by atoms with Gasteiger partial charge >= 0.3 is 21.3 Å². The molecule has 2 saturated carbocycles. The topological polar surface area (TPSA) is 99.1 Å². The van der Waals surface area contributed by atoms with Crippen molar-refractivity contribution in [3.63, 3.8) is 0 Å². The SMILES string of the molecule is C=C(COCC(F)(F)S(=O)(=O)O)C(=O)OCC1CC2CC(Oc3cc([S+](c4ccccc4)c4ccccc4)ccc3C)C1C2. The molecule has 44 heavy (non-hydrogen) atoms. The van der Waals surface area contributed by atoms with Crippen LogP contribution in [-0.2, 0) is 35.3 Å². The van der Waals surface area contributed by atoms with Gasteiger partial charge in [-0.1, -0.05) is 49.0 Å². The summed E-state index contributed by atoms with van der Waals surface area (Å²) in [5, 5.41) is -4.49. The molecule has 0 radical (unpaired) electrons. The van der Waals surface area contributed by atoms with E-state index in [1.54, 1.807) is 0 Å². The Morgan fingerprint density at radius 3 is 2.20 bits per heavy atom. The van der Waals surface area contributed by atoms with E-state index in [4.69, 9.17) is 14.0 Å². The van der Waals surface area contributed by atoms with Crippen molar-refractivity contribution in [2.24, 2.45) is 17.8 Å². The van der Waals surface area contributed by atoms with E-state index in [-0.39, 0.29) is 41.0 Å². The number of alkyl halides is 2. The van der Waals surface area contributed by atoms with Crippen LogP contribution in [-0.4, -0.2) is 50.1 Å². The minimum atomic E-state index is -5.63. The number of rotatable bonds is 13. The van der Waals surface area contributed by atoms with Crippen molar-refractivity contribution < 1.29 is 40.8 Å². The number of hydrogen-bond acceptors (Lipinski definition) is 6. The summed E-state index contributed by atoms with van der Waals surface area (Å²) in [5.41, 5.74) is 0.812. The van der Waals surface area contributed by atoms with E-state index >= 15 is 0 Å². The number of fused-ring (bicyclic) bond motifs is 2. The van der Waals surface area contributed by atoms with Crippen molar-refractivity contribution in [1.82, 2.24) is 0 Å². The first-order valence-electron chi connectivity index (χ1n) is 14.3. The highest BCUT2D eigenvalue weighted by atomic mass is 32.2. The standard InChI is InChI=1S/C33H34F2O7S2/c1-22-13-14-28(43(26-9-5-3-6-10-26)27-11-7-4-8-12-27)18-30(22)42-31-17-24-15-25(29(31)16-24)20-41-32(36)23(2)19-40-21-33(34,35)44(37,38)39/h3-14,18,24-25,29,31H,2,15-17,19-21H2,1H3/p+1. The average molecular weight is 646 g/mol. The summed E-state index contributed by atoms with van der Waals surface area (Å²) >= 11 is 0. The molecule has 0 aliphatic heterocycles. The smallest absolute Gasteiger partial charge is 0.392 e. The van der Waals surface area contributed by atoms with Crippen LogP contribution in [0.15, 0.2) is 106 Å². The van der Waals surface area contributed by atoms with Gasteiger partial charge in [-0.05, 0) is 73.9 Å². The Hall–Kier alpha value is -3.25.